The Labute approximate surface area is 122 Å². The predicted molar refractivity (Wildman–Crippen MR) is 81.1 cm³/mol. The lowest BCUT2D eigenvalue weighted by Crippen LogP contribution is -1.93. The quantitative estimate of drug-likeness (QED) is 0.585. The van der Waals surface area contributed by atoms with E-state index in [1.165, 1.54) is 27.9 Å². The summed E-state index contributed by atoms with van der Waals surface area (Å²) in [7, 11) is 0. The summed E-state index contributed by atoms with van der Waals surface area (Å²) in [5, 5.41) is 8.47. The zero-order valence-electron chi connectivity index (χ0n) is 10.9. The summed E-state index contributed by atoms with van der Waals surface area (Å²) in [6.45, 7) is 0. The number of hydrogen-bond acceptors (Lipinski definition) is 1. The third kappa shape index (κ3) is 1.84. The van der Waals surface area contributed by atoms with Gasteiger partial charge in [-0.25, -0.2) is 0 Å². The molecule has 0 unspecified atom stereocenters. The Morgan fingerprint density at radius 1 is 1.05 bits per heavy atom. The van der Waals surface area contributed by atoms with Crippen LogP contribution in [-0.2, 0) is 12.8 Å². The first kappa shape index (κ1) is 11.7. The van der Waals surface area contributed by atoms with Gasteiger partial charge < -0.3 is 0 Å². The fraction of sp³-hybridized carbons (Fsp3) is 0.118. The zero-order valence-corrected chi connectivity index (χ0v) is 11.6. The van der Waals surface area contributed by atoms with Gasteiger partial charge in [0.1, 0.15) is 0 Å². The SMILES string of the molecule is Clc1ccc(Cc2[nH]nc3c2Cc2ccccc2-3)cc1. The molecule has 1 aliphatic carbocycles. The molecule has 2 aromatic carbocycles. The van der Waals surface area contributed by atoms with Gasteiger partial charge in [0.15, 0.2) is 0 Å². The summed E-state index contributed by atoms with van der Waals surface area (Å²) >= 11 is 5.93. The number of halogens is 1. The van der Waals surface area contributed by atoms with Gasteiger partial charge in [0.05, 0.1) is 5.69 Å². The van der Waals surface area contributed by atoms with Gasteiger partial charge in [0, 0.05) is 34.7 Å². The number of nitrogens with zero attached hydrogens (tertiary/aromatic N) is 1. The summed E-state index contributed by atoms with van der Waals surface area (Å²) in [6, 6.07) is 16.5. The van der Waals surface area contributed by atoms with Crippen molar-refractivity contribution in [3.8, 4) is 11.3 Å². The van der Waals surface area contributed by atoms with Crippen molar-refractivity contribution in [2.45, 2.75) is 12.8 Å². The topological polar surface area (TPSA) is 28.7 Å². The van der Waals surface area contributed by atoms with Crippen molar-refractivity contribution in [1.82, 2.24) is 10.2 Å². The van der Waals surface area contributed by atoms with Crippen LogP contribution in [0, 0.1) is 0 Å². The van der Waals surface area contributed by atoms with Crippen molar-refractivity contribution in [2.75, 3.05) is 0 Å². The highest BCUT2D eigenvalue weighted by Gasteiger charge is 2.23. The number of fused-ring (bicyclic) bond motifs is 3. The molecule has 1 heterocycles. The Morgan fingerprint density at radius 3 is 2.70 bits per heavy atom. The van der Waals surface area contributed by atoms with E-state index in [1.54, 1.807) is 0 Å². The standard InChI is InChI=1S/C17H13ClN2/c18-13-7-5-11(6-8-13)9-16-15-10-12-3-1-2-4-14(12)17(15)20-19-16/h1-8H,9-10H2,(H,19,20). The fourth-order valence-electron chi connectivity index (χ4n) is 2.86. The van der Waals surface area contributed by atoms with Crippen LogP contribution >= 0.6 is 11.6 Å². The van der Waals surface area contributed by atoms with Crippen LogP contribution in [0.1, 0.15) is 22.4 Å². The van der Waals surface area contributed by atoms with Crippen molar-refractivity contribution in [3.05, 3.63) is 75.9 Å². The first-order valence-corrected chi connectivity index (χ1v) is 7.08. The van der Waals surface area contributed by atoms with Crippen LogP contribution < -0.4 is 0 Å². The first-order chi connectivity index (χ1) is 9.81. The molecule has 1 aliphatic rings. The molecule has 0 amide bonds. The Bertz CT molecular complexity index is 772. The van der Waals surface area contributed by atoms with E-state index in [0.29, 0.717) is 0 Å². The van der Waals surface area contributed by atoms with Gasteiger partial charge in [-0.15, -0.1) is 0 Å². The number of aromatic amines is 1. The third-order valence-electron chi connectivity index (χ3n) is 3.89. The summed E-state index contributed by atoms with van der Waals surface area (Å²) < 4.78 is 0. The Kier molecular flexibility index (Phi) is 2.64. The molecule has 0 saturated heterocycles. The van der Waals surface area contributed by atoms with Crippen molar-refractivity contribution >= 4 is 11.6 Å². The van der Waals surface area contributed by atoms with E-state index in [4.69, 9.17) is 11.6 Å². The molecule has 0 aliphatic heterocycles. The van der Waals surface area contributed by atoms with E-state index in [0.717, 1.165) is 23.6 Å². The maximum atomic E-state index is 5.93. The zero-order chi connectivity index (χ0) is 13.5. The van der Waals surface area contributed by atoms with E-state index >= 15 is 0 Å². The Balaban J connectivity index is 1.69. The maximum Gasteiger partial charge on any atom is 0.0961 e. The maximum absolute atomic E-state index is 5.93. The second-order valence-electron chi connectivity index (χ2n) is 5.17. The van der Waals surface area contributed by atoms with Crippen LogP contribution in [0.25, 0.3) is 11.3 Å². The predicted octanol–water partition coefficient (Wildman–Crippen LogP) is 4.23. The normalized spacial score (nSPS) is 12.2. The minimum Gasteiger partial charge on any atom is -0.281 e. The lowest BCUT2D eigenvalue weighted by Gasteiger charge is -2.02. The van der Waals surface area contributed by atoms with Gasteiger partial charge in [-0.05, 0) is 23.3 Å². The molecule has 0 bridgehead atoms. The highest BCUT2D eigenvalue weighted by atomic mass is 35.5. The molecule has 2 nitrogen and oxygen atoms in total. The molecule has 0 spiro atoms. The van der Waals surface area contributed by atoms with Crippen LogP contribution in [0.5, 0.6) is 0 Å². The number of H-pyrrole nitrogens is 1. The van der Waals surface area contributed by atoms with Crippen LogP contribution in [0.4, 0.5) is 0 Å². The average Bonchev–Trinajstić information content (AvgIpc) is 3.01. The Morgan fingerprint density at radius 2 is 1.85 bits per heavy atom. The van der Waals surface area contributed by atoms with Crippen molar-refractivity contribution in [2.24, 2.45) is 0 Å². The highest BCUT2D eigenvalue weighted by Crippen LogP contribution is 2.36. The van der Waals surface area contributed by atoms with Crippen molar-refractivity contribution in [1.29, 1.82) is 0 Å². The van der Waals surface area contributed by atoms with Gasteiger partial charge in [0.25, 0.3) is 0 Å². The molecule has 98 valence electrons. The third-order valence-corrected chi connectivity index (χ3v) is 4.14. The lowest BCUT2D eigenvalue weighted by atomic mass is 10.1. The summed E-state index contributed by atoms with van der Waals surface area (Å²) in [4.78, 5) is 0. The van der Waals surface area contributed by atoms with Crippen molar-refractivity contribution in [3.63, 3.8) is 0 Å². The summed E-state index contributed by atoms with van der Waals surface area (Å²) in [5.41, 5.74) is 7.54. The molecular formula is C17H13ClN2. The second-order valence-corrected chi connectivity index (χ2v) is 5.60. The molecule has 1 N–H and O–H groups in total. The van der Waals surface area contributed by atoms with Crippen LogP contribution in [0.3, 0.4) is 0 Å². The molecule has 20 heavy (non-hydrogen) atoms. The lowest BCUT2D eigenvalue weighted by molar-refractivity contribution is 0.980. The summed E-state index contributed by atoms with van der Waals surface area (Å²) in [6.07, 6.45) is 1.85. The number of aromatic nitrogens is 2. The van der Waals surface area contributed by atoms with Crippen LogP contribution in [-0.4, -0.2) is 10.2 Å². The first-order valence-electron chi connectivity index (χ1n) is 6.70. The average molecular weight is 281 g/mol. The molecule has 0 radical (unpaired) electrons. The molecule has 3 heteroatoms. The Hall–Kier alpha value is -2.06. The van der Waals surface area contributed by atoms with Crippen LogP contribution in [0.2, 0.25) is 5.02 Å². The number of nitrogens with one attached hydrogen (secondary N) is 1. The smallest absolute Gasteiger partial charge is 0.0961 e. The minimum absolute atomic E-state index is 0.774. The van der Waals surface area contributed by atoms with E-state index in [1.807, 2.05) is 12.1 Å². The van der Waals surface area contributed by atoms with Crippen LogP contribution in [0.15, 0.2) is 48.5 Å². The van der Waals surface area contributed by atoms with E-state index in [-0.39, 0.29) is 0 Å². The highest BCUT2D eigenvalue weighted by molar-refractivity contribution is 6.30. The van der Waals surface area contributed by atoms with E-state index in [2.05, 4.69) is 46.6 Å². The van der Waals surface area contributed by atoms with Gasteiger partial charge in [-0.3, -0.25) is 5.10 Å². The van der Waals surface area contributed by atoms with Gasteiger partial charge in [-0.1, -0.05) is 48.0 Å². The molecule has 1 aromatic heterocycles. The summed E-state index contributed by atoms with van der Waals surface area (Å²) in [5.74, 6) is 0. The largest absolute Gasteiger partial charge is 0.281 e. The number of hydrogen-bond donors (Lipinski definition) is 1. The number of rotatable bonds is 2. The number of benzene rings is 2. The van der Waals surface area contributed by atoms with E-state index in [9.17, 15) is 0 Å². The monoisotopic (exact) mass is 280 g/mol. The molecule has 0 saturated carbocycles. The molecular weight excluding hydrogens is 268 g/mol. The molecule has 0 fully saturated rings. The van der Waals surface area contributed by atoms with Crippen molar-refractivity contribution < 1.29 is 0 Å². The minimum atomic E-state index is 0.774. The molecule has 0 atom stereocenters. The van der Waals surface area contributed by atoms with Gasteiger partial charge >= 0.3 is 0 Å². The fourth-order valence-corrected chi connectivity index (χ4v) is 2.99. The molecule has 4 rings (SSSR count). The molecule has 3 aromatic rings. The second kappa shape index (κ2) is 4.50. The van der Waals surface area contributed by atoms with Gasteiger partial charge in [-0.2, -0.15) is 5.10 Å². The van der Waals surface area contributed by atoms with E-state index < -0.39 is 0 Å². The van der Waals surface area contributed by atoms with Gasteiger partial charge in [0.2, 0.25) is 0 Å².